The van der Waals surface area contributed by atoms with E-state index in [1.165, 1.54) is 4.90 Å². The summed E-state index contributed by atoms with van der Waals surface area (Å²) in [4.78, 5) is 34.9. The van der Waals surface area contributed by atoms with Gasteiger partial charge in [0, 0.05) is 23.6 Å². The number of fused-ring (bicyclic) bond motifs is 5. The van der Waals surface area contributed by atoms with Crippen LogP contribution in [0.3, 0.4) is 0 Å². The first-order chi connectivity index (χ1) is 14.8. The third kappa shape index (κ3) is 2.31. The van der Waals surface area contributed by atoms with Gasteiger partial charge in [0.2, 0.25) is 11.8 Å². The van der Waals surface area contributed by atoms with E-state index in [1.807, 2.05) is 54.6 Å². The van der Waals surface area contributed by atoms with Gasteiger partial charge in [-0.25, -0.2) is 4.90 Å². The topological polar surface area (TPSA) is 62.7 Å². The van der Waals surface area contributed by atoms with E-state index in [0.717, 1.165) is 16.8 Å². The summed E-state index contributed by atoms with van der Waals surface area (Å²) >= 11 is 0. The minimum atomic E-state index is -0.559. The van der Waals surface area contributed by atoms with Gasteiger partial charge >= 0.3 is 0 Å². The molecule has 30 heavy (non-hydrogen) atoms. The molecule has 2 fully saturated rings. The molecule has 1 aromatic heterocycles. The van der Waals surface area contributed by atoms with Gasteiger partial charge < -0.3 is 9.64 Å². The summed E-state index contributed by atoms with van der Waals surface area (Å²) in [7, 11) is 0. The van der Waals surface area contributed by atoms with Crippen LogP contribution in [0.2, 0.25) is 0 Å². The maximum Gasteiger partial charge on any atom is 0.242 e. The van der Waals surface area contributed by atoms with Crippen LogP contribution in [0.4, 0.5) is 11.4 Å². The SMILES string of the molecule is O=C1[C@@H]2[C@H](C(=O)N1c1ccccc1)[C@@H](c1cccnc1)N1c3ccccc3CO[C@H]21. The molecule has 0 bridgehead atoms. The van der Waals surface area contributed by atoms with E-state index < -0.39 is 18.1 Å². The Morgan fingerprint density at radius 3 is 2.43 bits per heavy atom. The number of pyridine rings is 1. The number of para-hydroxylation sites is 2. The van der Waals surface area contributed by atoms with Crippen molar-refractivity contribution in [2.24, 2.45) is 11.8 Å². The second-order valence-corrected chi connectivity index (χ2v) is 7.87. The molecule has 2 saturated heterocycles. The van der Waals surface area contributed by atoms with Crippen LogP contribution in [0.15, 0.2) is 79.1 Å². The molecule has 0 unspecified atom stereocenters. The van der Waals surface area contributed by atoms with Crippen molar-refractivity contribution in [2.75, 3.05) is 9.80 Å². The number of aromatic nitrogens is 1. The van der Waals surface area contributed by atoms with E-state index in [-0.39, 0.29) is 17.9 Å². The molecule has 2 amide bonds. The monoisotopic (exact) mass is 397 g/mol. The van der Waals surface area contributed by atoms with Crippen LogP contribution in [0.5, 0.6) is 0 Å². The number of amides is 2. The molecular weight excluding hydrogens is 378 g/mol. The van der Waals surface area contributed by atoms with Crippen molar-refractivity contribution in [3.8, 4) is 0 Å². The zero-order valence-electron chi connectivity index (χ0n) is 16.1. The number of rotatable bonds is 2. The number of ether oxygens (including phenoxy) is 1. The third-order valence-electron chi connectivity index (χ3n) is 6.34. The number of nitrogens with zero attached hydrogens (tertiary/aromatic N) is 3. The van der Waals surface area contributed by atoms with E-state index in [1.54, 1.807) is 24.5 Å². The van der Waals surface area contributed by atoms with Crippen LogP contribution in [0.1, 0.15) is 17.2 Å². The zero-order valence-corrected chi connectivity index (χ0v) is 16.1. The molecular formula is C24H19N3O3. The standard InChI is InChI=1S/C24H19N3O3/c28-22-19-20(23(29)26(22)17-9-2-1-3-10-17)24-27(21(19)15-8-6-12-25-13-15)18-11-5-4-7-16(18)14-30-24/h1-13,19-21,24H,14H2/t19-,20-,21+,24+/m0/s1. The quantitative estimate of drug-likeness (QED) is 0.621. The summed E-state index contributed by atoms with van der Waals surface area (Å²) in [5.74, 6) is -1.47. The molecule has 3 aliphatic heterocycles. The lowest BCUT2D eigenvalue weighted by atomic mass is 9.89. The number of benzene rings is 2. The first-order valence-electron chi connectivity index (χ1n) is 10.1. The summed E-state index contributed by atoms with van der Waals surface area (Å²) in [6, 6.07) is 20.7. The Morgan fingerprint density at radius 1 is 0.867 bits per heavy atom. The highest BCUT2D eigenvalue weighted by atomic mass is 16.5. The molecule has 0 saturated carbocycles. The first kappa shape index (κ1) is 17.4. The maximum atomic E-state index is 13.6. The number of hydrogen-bond donors (Lipinski definition) is 0. The van der Waals surface area contributed by atoms with Crippen molar-refractivity contribution >= 4 is 23.2 Å². The van der Waals surface area contributed by atoms with Crippen LogP contribution >= 0.6 is 0 Å². The van der Waals surface area contributed by atoms with Gasteiger partial charge in [-0.05, 0) is 29.8 Å². The highest BCUT2D eigenvalue weighted by Crippen LogP contribution is 2.54. The fourth-order valence-corrected chi connectivity index (χ4v) is 5.13. The van der Waals surface area contributed by atoms with E-state index in [2.05, 4.69) is 9.88 Å². The fourth-order valence-electron chi connectivity index (χ4n) is 5.13. The minimum absolute atomic E-state index is 0.180. The van der Waals surface area contributed by atoms with Crippen LogP contribution in [-0.2, 0) is 20.9 Å². The van der Waals surface area contributed by atoms with Gasteiger partial charge in [-0.2, -0.15) is 0 Å². The molecule has 4 atom stereocenters. The van der Waals surface area contributed by atoms with E-state index >= 15 is 0 Å². The van der Waals surface area contributed by atoms with Crippen molar-refractivity contribution in [2.45, 2.75) is 18.9 Å². The lowest BCUT2D eigenvalue weighted by Crippen LogP contribution is -2.45. The number of imide groups is 1. The van der Waals surface area contributed by atoms with Gasteiger partial charge in [0.15, 0.2) is 0 Å². The fraction of sp³-hybridized carbons (Fsp3) is 0.208. The van der Waals surface area contributed by atoms with Crippen LogP contribution < -0.4 is 9.80 Å². The molecule has 0 N–H and O–H groups in total. The molecule has 0 aliphatic carbocycles. The molecule has 2 aromatic carbocycles. The molecule has 148 valence electrons. The summed E-state index contributed by atoms with van der Waals surface area (Å²) in [5, 5.41) is 0. The van der Waals surface area contributed by atoms with Crippen molar-refractivity contribution < 1.29 is 14.3 Å². The van der Waals surface area contributed by atoms with Gasteiger partial charge in [-0.3, -0.25) is 14.6 Å². The summed E-state index contributed by atoms with van der Waals surface area (Å²) in [6.45, 7) is 0.424. The molecule has 4 heterocycles. The highest BCUT2D eigenvalue weighted by Gasteiger charge is 2.64. The first-order valence-corrected chi connectivity index (χ1v) is 10.1. The van der Waals surface area contributed by atoms with E-state index in [9.17, 15) is 9.59 Å². The minimum Gasteiger partial charge on any atom is -0.353 e. The summed E-state index contributed by atoms with van der Waals surface area (Å²) in [6.07, 6.45) is 3.01. The lowest BCUT2D eigenvalue weighted by molar-refractivity contribution is -0.125. The number of carbonyl (C=O) groups excluding carboxylic acids is 2. The summed E-state index contributed by atoms with van der Waals surface area (Å²) < 4.78 is 6.20. The normalized spacial score (nSPS) is 27.1. The molecule has 6 heteroatoms. The van der Waals surface area contributed by atoms with Crippen LogP contribution in [0.25, 0.3) is 0 Å². The van der Waals surface area contributed by atoms with Gasteiger partial charge in [-0.1, -0.05) is 42.5 Å². The lowest BCUT2D eigenvalue weighted by Gasteiger charge is -2.39. The number of anilines is 2. The summed E-state index contributed by atoms with van der Waals surface area (Å²) in [5.41, 5.74) is 3.59. The van der Waals surface area contributed by atoms with E-state index in [0.29, 0.717) is 12.3 Å². The largest absolute Gasteiger partial charge is 0.353 e. The number of hydrogen-bond acceptors (Lipinski definition) is 5. The van der Waals surface area contributed by atoms with E-state index in [4.69, 9.17) is 4.74 Å². The van der Waals surface area contributed by atoms with Gasteiger partial charge in [0.1, 0.15) is 6.23 Å². The average Bonchev–Trinajstić information content (AvgIpc) is 3.28. The Hall–Kier alpha value is -3.51. The Kier molecular flexibility index (Phi) is 3.76. The zero-order chi connectivity index (χ0) is 20.2. The van der Waals surface area contributed by atoms with Gasteiger partial charge in [-0.15, -0.1) is 0 Å². The maximum absolute atomic E-state index is 13.6. The average molecular weight is 397 g/mol. The van der Waals surface area contributed by atoms with Gasteiger partial charge in [0.25, 0.3) is 0 Å². The van der Waals surface area contributed by atoms with Crippen LogP contribution in [-0.4, -0.2) is 23.0 Å². The second-order valence-electron chi connectivity index (χ2n) is 7.87. The Balaban J connectivity index is 1.52. The molecule has 3 aliphatic rings. The number of carbonyl (C=O) groups is 2. The molecule has 0 radical (unpaired) electrons. The predicted octanol–water partition coefficient (Wildman–Crippen LogP) is 3.31. The predicted molar refractivity (Wildman–Crippen MR) is 110 cm³/mol. The molecule has 6 rings (SSSR count). The Bertz CT molecular complexity index is 1130. The highest BCUT2D eigenvalue weighted by molar-refractivity contribution is 6.23. The Morgan fingerprint density at radius 2 is 1.63 bits per heavy atom. The smallest absolute Gasteiger partial charge is 0.242 e. The third-order valence-corrected chi connectivity index (χ3v) is 6.34. The van der Waals surface area contributed by atoms with Gasteiger partial charge in [0.05, 0.1) is 30.2 Å². The van der Waals surface area contributed by atoms with Crippen molar-refractivity contribution in [3.05, 3.63) is 90.3 Å². The van der Waals surface area contributed by atoms with Crippen LogP contribution in [0, 0.1) is 11.8 Å². The molecule has 0 spiro atoms. The Labute approximate surface area is 173 Å². The molecule has 3 aromatic rings. The van der Waals surface area contributed by atoms with Crippen molar-refractivity contribution in [1.82, 2.24) is 4.98 Å². The van der Waals surface area contributed by atoms with Crippen molar-refractivity contribution in [3.63, 3.8) is 0 Å². The molecule has 6 nitrogen and oxygen atoms in total. The second kappa shape index (κ2) is 6.50. The van der Waals surface area contributed by atoms with Crippen molar-refractivity contribution in [1.29, 1.82) is 0 Å².